The van der Waals surface area contributed by atoms with Gasteiger partial charge in [0.2, 0.25) is 5.91 Å². The standard InChI is InChI=1S/C14H27N3O.ClH/c1-10(2)17-8-5-11(13(17)18)16-7-6-12(15)14(3,4)9-16;/h10-12H,5-9,15H2,1-4H3;1H. The molecule has 2 aliphatic heterocycles. The molecule has 1 amide bonds. The first-order valence-electron chi connectivity index (χ1n) is 7.13. The SMILES string of the molecule is CC(C)N1CCC(N2CCC(N)C(C)(C)C2)C1=O.Cl. The minimum Gasteiger partial charge on any atom is -0.339 e. The lowest BCUT2D eigenvalue weighted by atomic mass is 9.79. The van der Waals surface area contributed by atoms with Crippen LogP contribution < -0.4 is 5.73 Å². The van der Waals surface area contributed by atoms with Crippen LogP contribution in [-0.2, 0) is 4.79 Å². The Kier molecular flexibility index (Phi) is 5.27. The second-order valence-electron chi connectivity index (χ2n) is 6.78. The van der Waals surface area contributed by atoms with Crippen molar-refractivity contribution in [3.63, 3.8) is 0 Å². The van der Waals surface area contributed by atoms with Crippen molar-refractivity contribution in [2.24, 2.45) is 11.1 Å². The lowest BCUT2D eigenvalue weighted by Gasteiger charge is -2.44. The number of piperidine rings is 1. The van der Waals surface area contributed by atoms with Gasteiger partial charge in [-0.1, -0.05) is 13.8 Å². The van der Waals surface area contributed by atoms with E-state index >= 15 is 0 Å². The smallest absolute Gasteiger partial charge is 0.240 e. The first-order chi connectivity index (χ1) is 8.33. The van der Waals surface area contributed by atoms with Gasteiger partial charge in [-0.05, 0) is 32.1 Å². The normalized spacial score (nSPS) is 31.7. The van der Waals surface area contributed by atoms with Gasteiger partial charge in [0.25, 0.3) is 0 Å². The first kappa shape index (κ1) is 16.7. The zero-order chi connectivity index (χ0) is 13.5. The van der Waals surface area contributed by atoms with Gasteiger partial charge in [0.15, 0.2) is 0 Å². The van der Waals surface area contributed by atoms with Gasteiger partial charge in [0.05, 0.1) is 6.04 Å². The Balaban J connectivity index is 0.00000180. The summed E-state index contributed by atoms with van der Waals surface area (Å²) in [5.41, 5.74) is 6.28. The first-order valence-corrected chi connectivity index (χ1v) is 7.13. The zero-order valence-electron chi connectivity index (χ0n) is 12.6. The van der Waals surface area contributed by atoms with E-state index in [4.69, 9.17) is 5.73 Å². The highest BCUT2D eigenvalue weighted by Crippen LogP contribution is 2.31. The third-order valence-electron chi connectivity index (χ3n) is 4.62. The van der Waals surface area contributed by atoms with Crippen LogP contribution in [0, 0.1) is 5.41 Å². The van der Waals surface area contributed by atoms with Crippen LogP contribution in [0.3, 0.4) is 0 Å². The molecule has 0 saturated carbocycles. The molecular weight excluding hydrogens is 262 g/mol. The van der Waals surface area contributed by atoms with Crippen molar-refractivity contribution in [1.82, 2.24) is 9.80 Å². The van der Waals surface area contributed by atoms with Crippen molar-refractivity contribution in [3.05, 3.63) is 0 Å². The highest BCUT2D eigenvalue weighted by Gasteiger charge is 2.42. The van der Waals surface area contributed by atoms with Crippen molar-refractivity contribution in [2.45, 2.75) is 58.7 Å². The van der Waals surface area contributed by atoms with Crippen LogP contribution >= 0.6 is 12.4 Å². The molecule has 0 aromatic carbocycles. The summed E-state index contributed by atoms with van der Waals surface area (Å²) in [7, 11) is 0. The number of hydrogen-bond donors (Lipinski definition) is 1. The number of hydrogen-bond acceptors (Lipinski definition) is 3. The second-order valence-corrected chi connectivity index (χ2v) is 6.78. The van der Waals surface area contributed by atoms with Crippen LogP contribution in [0.4, 0.5) is 0 Å². The number of nitrogens with two attached hydrogens (primary N) is 1. The average Bonchev–Trinajstić information content (AvgIpc) is 2.64. The predicted molar refractivity (Wildman–Crippen MR) is 80.4 cm³/mol. The Labute approximate surface area is 123 Å². The molecule has 0 aromatic rings. The molecule has 2 saturated heterocycles. The maximum atomic E-state index is 12.4. The van der Waals surface area contributed by atoms with Gasteiger partial charge >= 0.3 is 0 Å². The number of carbonyl (C=O) groups excluding carboxylic acids is 1. The second kappa shape index (κ2) is 5.98. The zero-order valence-corrected chi connectivity index (χ0v) is 13.4. The summed E-state index contributed by atoms with van der Waals surface area (Å²) in [6.45, 7) is 11.4. The molecule has 0 radical (unpaired) electrons. The fourth-order valence-electron chi connectivity index (χ4n) is 3.22. The number of rotatable bonds is 2. The maximum absolute atomic E-state index is 12.4. The van der Waals surface area contributed by atoms with Crippen LogP contribution in [0.25, 0.3) is 0 Å². The maximum Gasteiger partial charge on any atom is 0.240 e. The van der Waals surface area contributed by atoms with Crippen LogP contribution in [-0.4, -0.2) is 53.5 Å². The molecule has 2 N–H and O–H groups in total. The van der Waals surface area contributed by atoms with E-state index in [0.717, 1.165) is 32.5 Å². The Morgan fingerprint density at radius 3 is 2.37 bits per heavy atom. The van der Waals surface area contributed by atoms with E-state index in [1.165, 1.54) is 0 Å². The molecule has 5 heteroatoms. The minimum atomic E-state index is 0. The average molecular weight is 290 g/mol. The summed E-state index contributed by atoms with van der Waals surface area (Å²) in [5.74, 6) is 0.316. The summed E-state index contributed by atoms with van der Waals surface area (Å²) in [5, 5.41) is 0. The predicted octanol–water partition coefficient (Wildman–Crippen LogP) is 1.48. The van der Waals surface area contributed by atoms with Gasteiger partial charge in [-0.25, -0.2) is 0 Å². The lowest BCUT2D eigenvalue weighted by Crippen LogP contribution is -2.56. The van der Waals surface area contributed by atoms with E-state index in [-0.39, 0.29) is 29.9 Å². The Hall–Kier alpha value is -0.320. The fraction of sp³-hybridized carbons (Fsp3) is 0.929. The molecule has 0 aromatic heterocycles. The molecule has 2 unspecified atom stereocenters. The number of amides is 1. The molecule has 2 heterocycles. The number of nitrogens with zero attached hydrogens (tertiary/aromatic N) is 2. The van der Waals surface area contributed by atoms with E-state index in [9.17, 15) is 4.79 Å². The van der Waals surface area contributed by atoms with Crippen molar-refractivity contribution in [2.75, 3.05) is 19.6 Å². The Bertz CT molecular complexity index is 333. The molecule has 2 aliphatic rings. The molecule has 0 aliphatic carbocycles. The van der Waals surface area contributed by atoms with Gasteiger partial charge in [0, 0.05) is 31.7 Å². The highest BCUT2D eigenvalue weighted by atomic mass is 35.5. The topological polar surface area (TPSA) is 49.6 Å². The summed E-state index contributed by atoms with van der Waals surface area (Å²) in [4.78, 5) is 16.8. The van der Waals surface area contributed by atoms with Crippen LogP contribution in [0.15, 0.2) is 0 Å². The molecule has 0 bridgehead atoms. The van der Waals surface area contributed by atoms with Crippen LogP contribution in [0.5, 0.6) is 0 Å². The molecule has 2 atom stereocenters. The van der Waals surface area contributed by atoms with E-state index in [0.29, 0.717) is 11.9 Å². The highest BCUT2D eigenvalue weighted by molar-refractivity contribution is 5.85. The Morgan fingerprint density at radius 1 is 1.26 bits per heavy atom. The monoisotopic (exact) mass is 289 g/mol. The third-order valence-corrected chi connectivity index (χ3v) is 4.62. The summed E-state index contributed by atoms with van der Waals surface area (Å²) in [6, 6.07) is 0.674. The van der Waals surface area contributed by atoms with E-state index in [1.807, 2.05) is 4.90 Å². The summed E-state index contributed by atoms with van der Waals surface area (Å²) >= 11 is 0. The van der Waals surface area contributed by atoms with Gasteiger partial charge in [0.1, 0.15) is 0 Å². The van der Waals surface area contributed by atoms with E-state index in [1.54, 1.807) is 0 Å². The van der Waals surface area contributed by atoms with Crippen LogP contribution in [0.1, 0.15) is 40.5 Å². The number of halogens is 1. The number of carbonyl (C=O) groups is 1. The molecule has 4 nitrogen and oxygen atoms in total. The molecule has 19 heavy (non-hydrogen) atoms. The van der Waals surface area contributed by atoms with Crippen molar-refractivity contribution in [3.8, 4) is 0 Å². The van der Waals surface area contributed by atoms with Gasteiger partial charge < -0.3 is 10.6 Å². The molecule has 0 spiro atoms. The van der Waals surface area contributed by atoms with Crippen LogP contribution in [0.2, 0.25) is 0 Å². The molecular formula is C14H28ClN3O. The fourth-order valence-corrected chi connectivity index (χ4v) is 3.22. The summed E-state index contributed by atoms with van der Waals surface area (Å²) in [6.07, 6.45) is 1.97. The Morgan fingerprint density at radius 2 is 1.89 bits per heavy atom. The van der Waals surface area contributed by atoms with E-state index in [2.05, 4.69) is 32.6 Å². The lowest BCUT2D eigenvalue weighted by molar-refractivity contribution is -0.134. The number of likely N-dealkylation sites (tertiary alicyclic amines) is 2. The van der Waals surface area contributed by atoms with E-state index < -0.39 is 0 Å². The third kappa shape index (κ3) is 3.23. The van der Waals surface area contributed by atoms with Crippen molar-refractivity contribution in [1.29, 1.82) is 0 Å². The van der Waals surface area contributed by atoms with Crippen molar-refractivity contribution < 1.29 is 4.79 Å². The molecule has 112 valence electrons. The molecule has 2 rings (SSSR count). The van der Waals surface area contributed by atoms with Gasteiger partial charge in [-0.3, -0.25) is 9.69 Å². The largest absolute Gasteiger partial charge is 0.339 e. The van der Waals surface area contributed by atoms with Crippen molar-refractivity contribution >= 4 is 18.3 Å². The summed E-state index contributed by atoms with van der Waals surface area (Å²) < 4.78 is 0. The minimum absolute atomic E-state index is 0. The van der Waals surface area contributed by atoms with Gasteiger partial charge in [-0.2, -0.15) is 0 Å². The quantitative estimate of drug-likeness (QED) is 0.838. The van der Waals surface area contributed by atoms with Gasteiger partial charge in [-0.15, -0.1) is 12.4 Å². The molecule has 2 fully saturated rings.